The third-order valence-electron chi connectivity index (χ3n) is 3.58. The van der Waals surface area contributed by atoms with E-state index in [4.69, 9.17) is 0 Å². The van der Waals surface area contributed by atoms with Crippen molar-refractivity contribution in [3.63, 3.8) is 0 Å². The van der Waals surface area contributed by atoms with Crippen LogP contribution in [-0.4, -0.2) is 55.0 Å². The van der Waals surface area contributed by atoms with Crippen LogP contribution in [0.3, 0.4) is 0 Å². The number of nitrogens with zero attached hydrogens (tertiary/aromatic N) is 2. The number of sulfonamides is 1. The molecule has 8 nitrogen and oxygen atoms in total. The first-order chi connectivity index (χ1) is 9.83. The number of hydrogen-bond acceptors (Lipinski definition) is 6. The van der Waals surface area contributed by atoms with Crippen LogP contribution in [0.1, 0.15) is 5.56 Å². The molecule has 9 heteroatoms. The Bertz CT molecular complexity index is 634. The van der Waals surface area contributed by atoms with Crippen LogP contribution < -0.4 is 5.32 Å². The van der Waals surface area contributed by atoms with Gasteiger partial charge in [-0.05, 0) is 0 Å². The number of para-hydroxylation sites is 1. The molecule has 2 N–H and O–H groups in total. The summed E-state index contributed by atoms with van der Waals surface area (Å²) in [5, 5.41) is 23.6. The van der Waals surface area contributed by atoms with Gasteiger partial charge in [0.05, 0.1) is 22.8 Å². The maximum atomic E-state index is 12.4. The van der Waals surface area contributed by atoms with E-state index in [0.29, 0.717) is 13.1 Å². The molecule has 0 bridgehead atoms. The van der Waals surface area contributed by atoms with E-state index in [9.17, 15) is 23.6 Å². The number of benzene rings is 1. The Hall–Kier alpha value is -1.55. The first-order valence-electron chi connectivity index (χ1n) is 6.39. The van der Waals surface area contributed by atoms with Gasteiger partial charge in [0.2, 0.25) is 10.0 Å². The summed E-state index contributed by atoms with van der Waals surface area (Å²) in [7, 11) is -2.38. The molecule has 1 aliphatic heterocycles. The van der Waals surface area contributed by atoms with Gasteiger partial charge in [-0.25, -0.2) is 8.42 Å². The minimum Gasteiger partial charge on any atom is -0.390 e. The summed E-state index contributed by atoms with van der Waals surface area (Å²) < 4.78 is 25.8. The lowest BCUT2D eigenvalue weighted by molar-refractivity contribution is -0.385. The first-order valence-corrected chi connectivity index (χ1v) is 8.00. The van der Waals surface area contributed by atoms with Crippen molar-refractivity contribution >= 4 is 15.7 Å². The van der Waals surface area contributed by atoms with Crippen molar-refractivity contribution in [2.24, 2.45) is 0 Å². The maximum absolute atomic E-state index is 12.4. The van der Waals surface area contributed by atoms with Crippen LogP contribution in [0.5, 0.6) is 0 Å². The molecule has 0 saturated carbocycles. The Labute approximate surface area is 122 Å². The van der Waals surface area contributed by atoms with Crippen LogP contribution in [0, 0.1) is 10.1 Å². The lowest BCUT2D eigenvalue weighted by Gasteiger charge is -2.25. The zero-order valence-electron chi connectivity index (χ0n) is 11.5. The Morgan fingerprint density at radius 2 is 2.10 bits per heavy atom. The molecule has 1 aromatic carbocycles. The second-order valence-corrected chi connectivity index (χ2v) is 6.98. The number of nitrogens with one attached hydrogen (secondary N) is 1. The number of aliphatic hydroxyl groups is 1. The summed E-state index contributed by atoms with van der Waals surface area (Å²) in [5.41, 5.74) is -0.0885. The van der Waals surface area contributed by atoms with Crippen LogP contribution in [0.4, 0.5) is 5.69 Å². The van der Waals surface area contributed by atoms with Crippen LogP contribution in [0.25, 0.3) is 0 Å². The lowest BCUT2D eigenvalue weighted by atomic mass is 10.2. The minimum absolute atomic E-state index is 0.134. The molecule has 0 spiro atoms. The molecule has 116 valence electrons. The molecular formula is C12H17N3O5S. The second kappa shape index (κ2) is 6.06. The van der Waals surface area contributed by atoms with E-state index in [-0.39, 0.29) is 11.3 Å². The predicted molar refractivity (Wildman–Crippen MR) is 76.1 cm³/mol. The highest BCUT2D eigenvalue weighted by atomic mass is 32.2. The standard InChI is InChI=1S/C12H17N3O5S/c1-14(11-6-13-7-12(11)16)21(19,20)8-9-4-2-3-5-10(9)15(17)18/h2-5,11-13,16H,6-8H2,1H3/t11-,12-/m1/s1. The maximum Gasteiger partial charge on any atom is 0.273 e. The number of nitro groups is 1. The van der Waals surface area contributed by atoms with E-state index in [1.165, 1.54) is 25.2 Å². The summed E-state index contributed by atoms with van der Waals surface area (Å²) in [4.78, 5) is 10.3. The van der Waals surface area contributed by atoms with Gasteiger partial charge in [0, 0.05) is 31.8 Å². The topological polar surface area (TPSA) is 113 Å². The molecule has 0 aliphatic carbocycles. The molecule has 1 heterocycles. The van der Waals surface area contributed by atoms with Gasteiger partial charge in [-0.15, -0.1) is 0 Å². The molecule has 0 radical (unpaired) electrons. The molecule has 0 aromatic heterocycles. The molecule has 0 amide bonds. The van der Waals surface area contributed by atoms with Crippen molar-refractivity contribution in [2.45, 2.75) is 17.9 Å². The zero-order valence-corrected chi connectivity index (χ0v) is 12.3. The molecule has 2 rings (SSSR count). The van der Waals surface area contributed by atoms with Crippen molar-refractivity contribution in [3.05, 3.63) is 39.9 Å². The SMILES string of the molecule is CN([C@@H]1CNC[C@H]1O)S(=O)(=O)Cc1ccccc1[N+](=O)[O-]. The molecule has 1 aromatic rings. The number of rotatable bonds is 5. The number of nitro benzene ring substituents is 1. The minimum atomic E-state index is -3.76. The quantitative estimate of drug-likeness (QED) is 0.569. The Balaban J connectivity index is 2.23. The summed E-state index contributed by atoms with van der Waals surface area (Å²) in [6.45, 7) is 0.684. The van der Waals surface area contributed by atoms with Crippen LogP contribution in [0.15, 0.2) is 24.3 Å². The Morgan fingerprint density at radius 1 is 1.43 bits per heavy atom. The van der Waals surface area contributed by atoms with Gasteiger partial charge in [-0.1, -0.05) is 18.2 Å². The fraction of sp³-hybridized carbons (Fsp3) is 0.500. The molecule has 1 fully saturated rings. The van der Waals surface area contributed by atoms with Crippen molar-refractivity contribution in [1.82, 2.24) is 9.62 Å². The van der Waals surface area contributed by atoms with Crippen molar-refractivity contribution in [3.8, 4) is 0 Å². The van der Waals surface area contributed by atoms with E-state index < -0.39 is 32.8 Å². The Kier molecular flexibility index (Phi) is 4.57. The Morgan fingerprint density at radius 3 is 2.67 bits per heavy atom. The van der Waals surface area contributed by atoms with E-state index >= 15 is 0 Å². The van der Waals surface area contributed by atoms with Crippen molar-refractivity contribution < 1.29 is 18.4 Å². The van der Waals surface area contributed by atoms with E-state index in [0.717, 1.165) is 4.31 Å². The third kappa shape index (κ3) is 3.38. The highest BCUT2D eigenvalue weighted by molar-refractivity contribution is 7.88. The van der Waals surface area contributed by atoms with Crippen LogP contribution in [0.2, 0.25) is 0 Å². The summed E-state index contributed by atoms with van der Waals surface area (Å²) in [6.07, 6.45) is -0.782. The van der Waals surface area contributed by atoms with Crippen LogP contribution in [-0.2, 0) is 15.8 Å². The van der Waals surface area contributed by atoms with E-state index in [1.54, 1.807) is 6.07 Å². The highest BCUT2D eigenvalue weighted by Crippen LogP contribution is 2.23. The largest absolute Gasteiger partial charge is 0.390 e. The second-order valence-electron chi connectivity index (χ2n) is 4.95. The molecule has 0 unspecified atom stereocenters. The number of aliphatic hydroxyl groups excluding tert-OH is 1. The summed E-state index contributed by atoms with van der Waals surface area (Å²) in [6, 6.07) is 5.19. The molecular weight excluding hydrogens is 298 g/mol. The molecule has 1 saturated heterocycles. The zero-order chi connectivity index (χ0) is 15.6. The average Bonchev–Trinajstić information content (AvgIpc) is 2.84. The predicted octanol–water partition coefficient (Wildman–Crippen LogP) is -0.311. The van der Waals surface area contributed by atoms with E-state index in [2.05, 4.69) is 5.32 Å². The van der Waals surface area contributed by atoms with E-state index in [1.807, 2.05) is 0 Å². The van der Waals surface area contributed by atoms with Gasteiger partial charge in [-0.2, -0.15) is 4.31 Å². The summed E-state index contributed by atoms with van der Waals surface area (Å²) >= 11 is 0. The fourth-order valence-electron chi connectivity index (χ4n) is 2.34. The number of hydrogen-bond donors (Lipinski definition) is 2. The van der Waals surface area contributed by atoms with Crippen molar-refractivity contribution in [2.75, 3.05) is 20.1 Å². The highest BCUT2D eigenvalue weighted by Gasteiger charge is 2.35. The van der Waals surface area contributed by atoms with Gasteiger partial charge in [-0.3, -0.25) is 10.1 Å². The number of β-amino-alcohol motifs (C(OH)–C–C–N with tert-alkyl or cyclic N) is 1. The monoisotopic (exact) mass is 315 g/mol. The van der Waals surface area contributed by atoms with Crippen molar-refractivity contribution in [1.29, 1.82) is 0 Å². The van der Waals surface area contributed by atoms with Gasteiger partial charge in [0.25, 0.3) is 5.69 Å². The van der Waals surface area contributed by atoms with Crippen LogP contribution >= 0.6 is 0 Å². The van der Waals surface area contributed by atoms with Gasteiger partial charge < -0.3 is 10.4 Å². The average molecular weight is 315 g/mol. The molecule has 21 heavy (non-hydrogen) atoms. The number of likely N-dealkylation sites (N-methyl/N-ethyl adjacent to an activating group) is 1. The third-order valence-corrected chi connectivity index (χ3v) is 5.41. The summed E-state index contributed by atoms with van der Waals surface area (Å²) in [5.74, 6) is -0.468. The van der Waals surface area contributed by atoms with Gasteiger partial charge in [0.15, 0.2) is 0 Å². The van der Waals surface area contributed by atoms with Gasteiger partial charge >= 0.3 is 0 Å². The van der Waals surface area contributed by atoms with Gasteiger partial charge in [0.1, 0.15) is 0 Å². The fourth-order valence-corrected chi connectivity index (χ4v) is 3.81. The molecule has 1 aliphatic rings. The first kappa shape index (κ1) is 15.8. The molecule has 2 atom stereocenters. The normalized spacial score (nSPS) is 22.6. The smallest absolute Gasteiger partial charge is 0.273 e. The lowest BCUT2D eigenvalue weighted by Crippen LogP contribution is -2.44.